The summed E-state index contributed by atoms with van der Waals surface area (Å²) in [5, 5.41) is 0.715. The second kappa shape index (κ2) is 9.17. The average Bonchev–Trinajstić information content (AvgIpc) is 2.59. The maximum absolute atomic E-state index is 12.5. The first-order chi connectivity index (χ1) is 11.6. The summed E-state index contributed by atoms with van der Waals surface area (Å²) >= 11 is 0. The minimum Gasteiger partial charge on any atom is -0.463 e. The number of para-hydroxylation sites is 1. The van der Waals surface area contributed by atoms with Gasteiger partial charge in [0.1, 0.15) is 5.58 Å². The molecule has 0 saturated heterocycles. The Morgan fingerprint density at radius 1 is 1.21 bits per heavy atom. The van der Waals surface area contributed by atoms with Crippen LogP contribution in [0, 0.1) is 0 Å². The Bertz CT molecular complexity index is 793. The topological polar surface area (TPSA) is 73.6 Å². The maximum atomic E-state index is 12.5. The summed E-state index contributed by atoms with van der Waals surface area (Å²) in [6.07, 6.45) is 4.46. The fourth-order valence-corrected chi connectivity index (χ4v) is 3.63. The summed E-state index contributed by atoms with van der Waals surface area (Å²) in [5.41, 5.74) is -0.0292. The summed E-state index contributed by atoms with van der Waals surface area (Å²) < 4.78 is 22.5. The number of hydrogen-bond donors (Lipinski definition) is 0. The average molecular weight is 348 g/mol. The summed E-state index contributed by atoms with van der Waals surface area (Å²) in [4.78, 5) is 23.0. The van der Waals surface area contributed by atoms with Crippen LogP contribution in [0.4, 0.5) is 0 Å². The van der Waals surface area contributed by atoms with Crippen LogP contribution < -0.4 is 5.63 Å². The SMILES string of the molecule is C=CC(=O)OCCCCCCS(=O)c1cc(=O)oc2ccccc12. The smallest absolute Gasteiger partial charge is 0.337 e. The van der Waals surface area contributed by atoms with Gasteiger partial charge < -0.3 is 9.15 Å². The van der Waals surface area contributed by atoms with Crippen molar-refractivity contribution in [1.29, 1.82) is 0 Å². The van der Waals surface area contributed by atoms with Gasteiger partial charge >= 0.3 is 11.6 Å². The highest BCUT2D eigenvalue weighted by molar-refractivity contribution is 7.85. The van der Waals surface area contributed by atoms with Gasteiger partial charge in [0.05, 0.1) is 22.3 Å². The van der Waals surface area contributed by atoms with Crippen LogP contribution in [0.1, 0.15) is 25.7 Å². The monoisotopic (exact) mass is 348 g/mol. The lowest BCUT2D eigenvalue weighted by molar-refractivity contribution is -0.137. The van der Waals surface area contributed by atoms with Crippen LogP contribution in [0.15, 0.2) is 57.1 Å². The van der Waals surface area contributed by atoms with Crippen molar-refractivity contribution in [2.24, 2.45) is 0 Å². The van der Waals surface area contributed by atoms with E-state index in [0.29, 0.717) is 28.2 Å². The van der Waals surface area contributed by atoms with Crippen molar-refractivity contribution in [3.63, 3.8) is 0 Å². The minimum absolute atomic E-state index is 0.373. The van der Waals surface area contributed by atoms with Crippen molar-refractivity contribution in [3.8, 4) is 0 Å². The zero-order chi connectivity index (χ0) is 17.4. The van der Waals surface area contributed by atoms with Crippen LogP contribution in [-0.2, 0) is 20.3 Å². The van der Waals surface area contributed by atoms with Gasteiger partial charge in [-0.2, -0.15) is 0 Å². The number of hydrogen-bond acceptors (Lipinski definition) is 5. The number of benzene rings is 1. The molecule has 0 aliphatic carbocycles. The molecular formula is C18H20O5S. The lowest BCUT2D eigenvalue weighted by Gasteiger charge is -2.06. The molecule has 0 radical (unpaired) electrons. The quantitative estimate of drug-likeness (QED) is 0.301. The summed E-state index contributed by atoms with van der Waals surface area (Å²) in [6.45, 7) is 3.70. The number of unbranched alkanes of at least 4 members (excludes halogenated alkanes) is 3. The largest absolute Gasteiger partial charge is 0.463 e. The van der Waals surface area contributed by atoms with E-state index in [0.717, 1.165) is 31.8 Å². The maximum Gasteiger partial charge on any atom is 0.337 e. The van der Waals surface area contributed by atoms with Crippen LogP contribution in [0.25, 0.3) is 11.0 Å². The molecule has 0 bridgehead atoms. The van der Waals surface area contributed by atoms with Crippen LogP contribution >= 0.6 is 0 Å². The fourth-order valence-electron chi connectivity index (χ4n) is 2.30. The highest BCUT2D eigenvalue weighted by Crippen LogP contribution is 2.20. The first-order valence-corrected chi connectivity index (χ1v) is 9.14. The fraction of sp³-hybridized carbons (Fsp3) is 0.333. The van der Waals surface area contributed by atoms with Crippen LogP contribution in [0.3, 0.4) is 0 Å². The lowest BCUT2D eigenvalue weighted by atomic mass is 10.2. The Morgan fingerprint density at radius 3 is 2.75 bits per heavy atom. The van der Waals surface area contributed by atoms with Gasteiger partial charge in [0.15, 0.2) is 0 Å². The van der Waals surface area contributed by atoms with Crippen molar-refractivity contribution >= 4 is 27.7 Å². The molecule has 1 aromatic heterocycles. The van der Waals surface area contributed by atoms with E-state index in [2.05, 4.69) is 6.58 Å². The highest BCUT2D eigenvalue weighted by Gasteiger charge is 2.11. The van der Waals surface area contributed by atoms with E-state index in [4.69, 9.17) is 9.15 Å². The molecule has 24 heavy (non-hydrogen) atoms. The Hall–Kier alpha value is -2.21. The molecule has 2 aromatic rings. The number of ether oxygens (including phenoxy) is 1. The van der Waals surface area contributed by atoms with Crippen molar-refractivity contribution in [2.45, 2.75) is 30.6 Å². The normalized spacial score (nSPS) is 12.0. The number of esters is 1. The third-order valence-electron chi connectivity index (χ3n) is 3.49. The Morgan fingerprint density at radius 2 is 1.96 bits per heavy atom. The highest BCUT2D eigenvalue weighted by atomic mass is 32.2. The van der Waals surface area contributed by atoms with Gasteiger partial charge in [-0.1, -0.05) is 37.6 Å². The molecule has 0 N–H and O–H groups in total. The van der Waals surface area contributed by atoms with Crippen LogP contribution in [0.5, 0.6) is 0 Å². The minimum atomic E-state index is -1.24. The molecular weight excluding hydrogens is 328 g/mol. The molecule has 1 aromatic carbocycles. The number of carbonyl (C=O) groups excluding carboxylic acids is 1. The Balaban J connectivity index is 1.82. The molecule has 0 aliphatic heterocycles. The summed E-state index contributed by atoms with van der Waals surface area (Å²) in [7, 11) is -1.24. The second-order valence-corrected chi connectivity index (χ2v) is 6.80. The van der Waals surface area contributed by atoms with Crippen molar-refractivity contribution in [3.05, 3.63) is 53.4 Å². The molecule has 2 rings (SSSR count). The molecule has 5 nitrogen and oxygen atoms in total. The molecule has 0 amide bonds. The summed E-state index contributed by atoms with van der Waals surface area (Å²) in [6, 6.07) is 8.42. The van der Waals surface area contributed by atoms with E-state index < -0.39 is 22.4 Å². The molecule has 0 fully saturated rings. The molecule has 6 heteroatoms. The standard InChI is InChI=1S/C18H20O5S/c1-2-17(19)22-11-7-3-4-8-12-24(21)16-13-18(20)23-15-10-6-5-9-14(15)16/h2,5-6,9-10,13H,1,3-4,7-8,11-12H2. The number of rotatable bonds is 9. The van der Waals surface area contributed by atoms with Crippen molar-refractivity contribution < 1.29 is 18.2 Å². The van der Waals surface area contributed by atoms with Gasteiger partial charge in [-0.25, -0.2) is 9.59 Å². The van der Waals surface area contributed by atoms with Gasteiger partial charge in [-0.05, 0) is 18.9 Å². The number of carbonyl (C=O) groups is 1. The van der Waals surface area contributed by atoms with Gasteiger partial charge in [0, 0.05) is 23.3 Å². The van der Waals surface area contributed by atoms with E-state index in [-0.39, 0.29) is 0 Å². The van der Waals surface area contributed by atoms with Gasteiger partial charge in [-0.15, -0.1) is 0 Å². The zero-order valence-electron chi connectivity index (χ0n) is 13.4. The second-order valence-electron chi connectivity index (χ2n) is 5.26. The molecule has 1 atom stereocenters. The molecule has 1 heterocycles. The third kappa shape index (κ3) is 5.16. The van der Waals surface area contributed by atoms with E-state index in [1.165, 1.54) is 6.07 Å². The molecule has 1 unspecified atom stereocenters. The van der Waals surface area contributed by atoms with Gasteiger partial charge in [-0.3, -0.25) is 4.21 Å². The van der Waals surface area contributed by atoms with E-state index in [1.807, 2.05) is 6.07 Å². The molecule has 0 aliphatic rings. The molecule has 0 saturated carbocycles. The van der Waals surface area contributed by atoms with E-state index in [1.54, 1.807) is 18.2 Å². The predicted molar refractivity (Wildman–Crippen MR) is 93.4 cm³/mol. The van der Waals surface area contributed by atoms with E-state index >= 15 is 0 Å². The van der Waals surface area contributed by atoms with Crippen molar-refractivity contribution in [1.82, 2.24) is 0 Å². The number of fused-ring (bicyclic) bond motifs is 1. The van der Waals surface area contributed by atoms with Crippen molar-refractivity contribution in [2.75, 3.05) is 12.4 Å². The van der Waals surface area contributed by atoms with Crippen LogP contribution in [-0.4, -0.2) is 22.5 Å². The predicted octanol–water partition coefficient (Wildman–Crippen LogP) is 3.19. The zero-order valence-corrected chi connectivity index (χ0v) is 14.2. The lowest BCUT2D eigenvalue weighted by Crippen LogP contribution is -2.05. The van der Waals surface area contributed by atoms with E-state index in [9.17, 15) is 13.8 Å². The Kier molecular flexibility index (Phi) is 6.93. The third-order valence-corrected chi connectivity index (χ3v) is 4.98. The summed E-state index contributed by atoms with van der Waals surface area (Å²) in [5.74, 6) is 0.0748. The molecule has 128 valence electrons. The Labute approximate surface area is 142 Å². The van der Waals surface area contributed by atoms with Crippen LogP contribution in [0.2, 0.25) is 0 Å². The van der Waals surface area contributed by atoms with Gasteiger partial charge in [0.25, 0.3) is 0 Å². The van der Waals surface area contributed by atoms with Gasteiger partial charge in [0.2, 0.25) is 0 Å². The first kappa shape index (κ1) is 18.1. The molecule has 0 spiro atoms. The first-order valence-electron chi connectivity index (χ1n) is 7.82.